The van der Waals surface area contributed by atoms with E-state index in [2.05, 4.69) is 5.32 Å². The number of nitrogens with one attached hydrogen (secondary N) is 1. The third kappa shape index (κ3) is 3.04. The normalized spacial score (nSPS) is 16.0. The molecule has 2 amide bonds. The molecule has 0 aromatic heterocycles. The van der Waals surface area contributed by atoms with E-state index in [1.807, 2.05) is 63.2 Å². The molecule has 4 nitrogen and oxygen atoms in total. The summed E-state index contributed by atoms with van der Waals surface area (Å²) in [7, 11) is 0. The lowest BCUT2D eigenvalue weighted by Crippen LogP contribution is -2.37. The van der Waals surface area contributed by atoms with Gasteiger partial charge in [-0.15, -0.1) is 0 Å². The van der Waals surface area contributed by atoms with Crippen LogP contribution in [0.25, 0.3) is 0 Å². The Kier molecular flexibility index (Phi) is 4.38. The molecule has 1 unspecified atom stereocenters. The Bertz CT molecular complexity index is 798. The Labute approximate surface area is 142 Å². The molecule has 1 aliphatic heterocycles. The highest BCUT2D eigenvalue weighted by molar-refractivity contribution is 6.10. The number of carbonyl (C=O) groups excluding carboxylic acids is 2. The molecule has 0 radical (unpaired) electrons. The second-order valence-corrected chi connectivity index (χ2v) is 6.42. The molecule has 0 bridgehead atoms. The molecule has 0 spiro atoms. The minimum absolute atomic E-state index is 0.0865. The van der Waals surface area contributed by atoms with Gasteiger partial charge in [-0.1, -0.05) is 30.3 Å². The van der Waals surface area contributed by atoms with E-state index in [0.717, 1.165) is 34.5 Å². The van der Waals surface area contributed by atoms with Crippen LogP contribution < -0.4 is 10.2 Å². The van der Waals surface area contributed by atoms with Gasteiger partial charge in [0.1, 0.15) is 6.42 Å². The summed E-state index contributed by atoms with van der Waals surface area (Å²) in [5.41, 5.74) is 4.99. The van der Waals surface area contributed by atoms with E-state index >= 15 is 0 Å². The van der Waals surface area contributed by atoms with Gasteiger partial charge in [0, 0.05) is 17.4 Å². The lowest BCUT2D eigenvalue weighted by molar-refractivity contribution is -0.125. The molecule has 3 rings (SSSR count). The number of anilines is 2. The van der Waals surface area contributed by atoms with Gasteiger partial charge >= 0.3 is 0 Å². The van der Waals surface area contributed by atoms with E-state index in [1.165, 1.54) is 0 Å². The standard InChI is InChI=1S/C20H22N2O2/c1-13-7-6-9-17(15(13)3)21-19(23)12-20(24)22-14(2)11-16-8-4-5-10-18(16)22/h4-10,14H,11-12H2,1-3H3,(H,21,23). The second-order valence-electron chi connectivity index (χ2n) is 6.42. The lowest BCUT2D eigenvalue weighted by Gasteiger charge is -2.22. The van der Waals surface area contributed by atoms with Crippen molar-refractivity contribution >= 4 is 23.2 Å². The first-order chi connectivity index (χ1) is 11.5. The average molecular weight is 322 g/mol. The topological polar surface area (TPSA) is 49.4 Å². The molecule has 124 valence electrons. The molecule has 1 atom stereocenters. The molecule has 0 saturated heterocycles. The smallest absolute Gasteiger partial charge is 0.236 e. The summed E-state index contributed by atoms with van der Waals surface area (Å²) in [5, 5.41) is 2.86. The van der Waals surface area contributed by atoms with Crippen molar-refractivity contribution in [3.05, 3.63) is 59.2 Å². The van der Waals surface area contributed by atoms with Crippen molar-refractivity contribution in [1.29, 1.82) is 0 Å². The monoisotopic (exact) mass is 322 g/mol. The Morgan fingerprint density at radius 1 is 1.12 bits per heavy atom. The molecule has 2 aromatic carbocycles. The van der Waals surface area contributed by atoms with Crippen molar-refractivity contribution in [2.45, 2.75) is 39.7 Å². The van der Waals surface area contributed by atoms with Crippen LogP contribution in [0.1, 0.15) is 30.0 Å². The maximum absolute atomic E-state index is 12.6. The van der Waals surface area contributed by atoms with Crippen molar-refractivity contribution < 1.29 is 9.59 Å². The largest absolute Gasteiger partial charge is 0.325 e. The first-order valence-electron chi connectivity index (χ1n) is 8.23. The van der Waals surface area contributed by atoms with Gasteiger partial charge in [0.15, 0.2) is 0 Å². The summed E-state index contributed by atoms with van der Waals surface area (Å²) in [6, 6.07) is 13.7. The zero-order chi connectivity index (χ0) is 17.3. The predicted octanol–water partition coefficient (Wildman–Crippen LogP) is 3.61. The lowest BCUT2D eigenvalue weighted by atomic mass is 10.1. The van der Waals surface area contributed by atoms with Crippen molar-refractivity contribution in [1.82, 2.24) is 0 Å². The van der Waals surface area contributed by atoms with Gasteiger partial charge in [0.25, 0.3) is 0 Å². The average Bonchev–Trinajstić information content (AvgIpc) is 2.87. The molecular formula is C20H22N2O2. The van der Waals surface area contributed by atoms with E-state index in [1.54, 1.807) is 4.90 Å². The van der Waals surface area contributed by atoms with E-state index < -0.39 is 0 Å². The van der Waals surface area contributed by atoms with Crippen LogP contribution in [0.5, 0.6) is 0 Å². The highest BCUT2D eigenvalue weighted by atomic mass is 16.2. The van der Waals surface area contributed by atoms with E-state index in [-0.39, 0.29) is 24.3 Å². The highest BCUT2D eigenvalue weighted by Crippen LogP contribution is 2.32. The fraction of sp³-hybridized carbons (Fsp3) is 0.300. The number of aryl methyl sites for hydroxylation is 1. The Hall–Kier alpha value is -2.62. The van der Waals surface area contributed by atoms with Crippen LogP contribution in [-0.4, -0.2) is 17.9 Å². The second kappa shape index (κ2) is 6.48. The van der Waals surface area contributed by atoms with Crippen LogP contribution in [0.15, 0.2) is 42.5 Å². The van der Waals surface area contributed by atoms with Crippen LogP contribution in [-0.2, 0) is 16.0 Å². The number of fused-ring (bicyclic) bond motifs is 1. The summed E-state index contributed by atoms with van der Waals surface area (Å²) < 4.78 is 0. The van der Waals surface area contributed by atoms with Crippen LogP contribution in [0.4, 0.5) is 11.4 Å². The van der Waals surface area contributed by atoms with Gasteiger partial charge < -0.3 is 10.2 Å². The summed E-state index contributed by atoms with van der Waals surface area (Å²) in [6.45, 7) is 5.98. The maximum Gasteiger partial charge on any atom is 0.236 e. The molecule has 4 heteroatoms. The third-order valence-corrected chi connectivity index (χ3v) is 4.67. The van der Waals surface area contributed by atoms with Crippen LogP contribution in [0, 0.1) is 13.8 Å². The summed E-state index contributed by atoms with van der Waals surface area (Å²) in [5.74, 6) is -0.430. The molecule has 24 heavy (non-hydrogen) atoms. The number of rotatable bonds is 3. The number of amides is 2. The molecule has 0 aliphatic carbocycles. The zero-order valence-electron chi connectivity index (χ0n) is 14.3. The zero-order valence-corrected chi connectivity index (χ0v) is 14.3. The Morgan fingerprint density at radius 3 is 2.67 bits per heavy atom. The SMILES string of the molecule is Cc1cccc(NC(=O)CC(=O)N2c3ccccc3CC2C)c1C. The molecule has 1 heterocycles. The third-order valence-electron chi connectivity index (χ3n) is 4.67. The van der Waals surface area contributed by atoms with Gasteiger partial charge in [-0.05, 0) is 56.0 Å². The van der Waals surface area contributed by atoms with Crippen LogP contribution in [0.2, 0.25) is 0 Å². The van der Waals surface area contributed by atoms with Crippen molar-refractivity contribution in [2.75, 3.05) is 10.2 Å². The molecule has 0 saturated carbocycles. The molecule has 1 aliphatic rings. The highest BCUT2D eigenvalue weighted by Gasteiger charge is 2.31. The summed E-state index contributed by atoms with van der Waals surface area (Å²) in [4.78, 5) is 26.7. The number of nitrogens with zero attached hydrogens (tertiary/aromatic N) is 1. The van der Waals surface area contributed by atoms with Gasteiger partial charge in [0.2, 0.25) is 11.8 Å². The van der Waals surface area contributed by atoms with Crippen LogP contribution >= 0.6 is 0 Å². The van der Waals surface area contributed by atoms with Crippen molar-refractivity contribution in [3.63, 3.8) is 0 Å². The van der Waals surface area contributed by atoms with E-state index in [4.69, 9.17) is 0 Å². The molecule has 0 fully saturated rings. The van der Waals surface area contributed by atoms with Crippen molar-refractivity contribution in [3.8, 4) is 0 Å². The van der Waals surface area contributed by atoms with Gasteiger partial charge in [-0.3, -0.25) is 9.59 Å². The molecule has 1 N–H and O–H groups in total. The number of benzene rings is 2. The fourth-order valence-corrected chi connectivity index (χ4v) is 3.25. The minimum Gasteiger partial charge on any atom is -0.325 e. The molecular weight excluding hydrogens is 300 g/mol. The van der Waals surface area contributed by atoms with E-state index in [9.17, 15) is 9.59 Å². The Morgan fingerprint density at radius 2 is 1.88 bits per heavy atom. The Balaban J connectivity index is 1.71. The number of para-hydroxylation sites is 1. The quantitative estimate of drug-likeness (QED) is 0.878. The number of carbonyl (C=O) groups is 2. The molecule has 2 aromatic rings. The summed E-state index contributed by atoms with van der Waals surface area (Å²) in [6.07, 6.45) is 0.687. The number of hydrogen-bond donors (Lipinski definition) is 1. The van der Waals surface area contributed by atoms with Gasteiger partial charge in [-0.25, -0.2) is 0 Å². The predicted molar refractivity (Wildman–Crippen MR) is 96.3 cm³/mol. The fourth-order valence-electron chi connectivity index (χ4n) is 3.25. The van der Waals surface area contributed by atoms with Crippen LogP contribution in [0.3, 0.4) is 0 Å². The first-order valence-corrected chi connectivity index (χ1v) is 8.23. The maximum atomic E-state index is 12.6. The minimum atomic E-state index is -0.273. The van der Waals surface area contributed by atoms with Gasteiger partial charge in [0.05, 0.1) is 0 Å². The summed E-state index contributed by atoms with van der Waals surface area (Å²) >= 11 is 0. The van der Waals surface area contributed by atoms with Gasteiger partial charge in [-0.2, -0.15) is 0 Å². The number of hydrogen-bond acceptors (Lipinski definition) is 2. The van der Waals surface area contributed by atoms with Crippen molar-refractivity contribution in [2.24, 2.45) is 0 Å². The first kappa shape index (κ1) is 16.2. The van der Waals surface area contributed by atoms with E-state index in [0.29, 0.717) is 0 Å².